The van der Waals surface area contributed by atoms with Crippen LogP contribution in [-0.4, -0.2) is 39.1 Å². The van der Waals surface area contributed by atoms with Gasteiger partial charge in [0.15, 0.2) is 5.82 Å². The van der Waals surface area contributed by atoms with Gasteiger partial charge >= 0.3 is 0 Å². The van der Waals surface area contributed by atoms with Crippen molar-refractivity contribution in [1.82, 2.24) is 20.0 Å². The van der Waals surface area contributed by atoms with Gasteiger partial charge in [0.2, 0.25) is 0 Å². The molecule has 1 fully saturated rings. The quantitative estimate of drug-likeness (QED) is 0.919. The Kier molecular flexibility index (Phi) is 4.81. The Balaban J connectivity index is 0.00000176. The van der Waals surface area contributed by atoms with Crippen molar-refractivity contribution in [3.05, 3.63) is 23.4 Å². The van der Waals surface area contributed by atoms with E-state index < -0.39 is 0 Å². The Morgan fingerprint density at radius 3 is 2.41 bits per heavy atom. The summed E-state index contributed by atoms with van der Waals surface area (Å²) < 4.78 is 1.83. The van der Waals surface area contributed by atoms with Crippen molar-refractivity contribution in [3.8, 4) is 11.4 Å². The van der Waals surface area contributed by atoms with Gasteiger partial charge in [-0.2, -0.15) is 5.10 Å². The van der Waals surface area contributed by atoms with Gasteiger partial charge in [0.05, 0.1) is 5.69 Å². The number of nitrogens with zero attached hydrogens (tertiary/aromatic N) is 5. The Hall–Kier alpha value is -1.95. The summed E-state index contributed by atoms with van der Waals surface area (Å²) >= 11 is 0. The molecule has 120 valence electrons. The van der Waals surface area contributed by atoms with Crippen LogP contribution >= 0.6 is 0 Å². The molecule has 22 heavy (non-hydrogen) atoms. The summed E-state index contributed by atoms with van der Waals surface area (Å²) in [5.74, 6) is 0.991. The van der Waals surface area contributed by atoms with E-state index >= 15 is 0 Å². The van der Waals surface area contributed by atoms with Crippen molar-refractivity contribution < 1.29 is 0 Å². The number of anilines is 1. The summed E-state index contributed by atoms with van der Waals surface area (Å²) in [5.41, 5.74) is 10.2. The zero-order valence-electron chi connectivity index (χ0n) is 12.9. The first kappa shape index (κ1) is 16.4. The Labute approximate surface area is 132 Å². The molecule has 6 heteroatoms. The molecular weight excluding hydrogens is 276 g/mol. The number of piperidine rings is 1. The van der Waals surface area contributed by atoms with Crippen molar-refractivity contribution in [2.24, 2.45) is 12.8 Å². The highest BCUT2D eigenvalue weighted by molar-refractivity contribution is 5.64. The lowest BCUT2D eigenvalue weighted by molar-refractivity contribution is 0.497. The maximum Gasteiger partial charge on any atom is 0.154 e. The molecule has 2 aromatic rings. The van der Waals surface area contributed by atoms with Gasteiger partial charge in [-0.15, -0.1) is 10.2 Å². The molecule has 1 aliphatic heterocycles. The van der Waals surface area contributed by atoms with Crippen LogP contribution in [0.5, 0.6) is 0 Å². The number of aromatic nitrogens is 4. The molecule has 0 saturated carbocycles. The summed E-state index contributed by atoms with van der Waals surface area (Å²) in [5, 5.41) is 13.1. The van der Waals surface area contributed by atoms with Crippen LogP contribution in [0.15, 0.2) is 12.3 Å². The van der Waals surface area contributed by atoms with Crippen molar-refractivity contribution in [3.63, 3.8) is 0 Å². The predicted molar refractivity (Wildman–Crippen MR) is 89.9 cm³/mol. The average molecular weight is 302 g/mol. The standard InChI is InChI=1S/C15H22N6.CH4/c1-10-11(2)15(21-8-5-12(16)6-9-21)19-18-14(10)13-4-7-17-20(13)3;/h4,7,12H,5-6,8-9,16H2,1-3H3;1H4. The summed E-state index contributed by atoms with van der Waals surface area (Å²) in [6, 6.07) is 2.29. The maximum atomic E-state index is 5.98. The Morgan fingerprint density at radius 1 is 1.14 bits per heavy atom. The lowest BCUT2D eigenvalue weighted by Gasteiger charge is -2.32. The highest BCUT2D eigenvalue weighted by atomic mass is 15.3. The largest absolute Gasteiger partial charge is 0.355 e. The highest BCUT2D eigenvalue weighted by Gasteiger charge is 2.21. The van der Waals surface area contributed by atoms with Gasteiger partial charge in [0.25, 0.3) is 0 Å². The van der Waals surface area contributed by atoms with E-state index in [1.165, 1.54) is 11.1 Å². The van der Waals surface area contributed by atoms with Crippen molar-refractivity contribution in [2.75, 3.05) is 18.0 Å². The van der Waals surface area contributed by atoms with Crippen molar-refractivity contribution >= 4 is 5.82 Å². The minimum Gasteiger partial charge on any atom is -0.355 e. The summed E-state index contributed by atoms with van der Waals surface area (Å²) in [6.07, 6.45) is 3.82. The van der Waals surface area contributed by atoms with Crippen LogP contribution in [-0.2, 0) is 7.05 Å². The van der Waals surface area contributed by atoms with Crippen LogP contribution in [0.1, 0.15) is 31.4 Å². The number of nitrogens with two attached hydrogens (primary N) is 1. The molecule has 1 aliphatic rings. The fraction of sp³-hybridized carbons (Fsp3) is 0.562. The van der Waals surface area contributed by atoms with E-state index in [1.807, 2.05) is 17.8 Å². The van der Waals surface area contributed by atoms with E-state index in [2.05, 4.69) is 34.0 Å². The van der Waals surface area contributed by atoms with Crippen LogP contribution in [0, 0.1) is 13.8 Å². The van der Waals surface area contributed by atoms with E-state index in [0.717, 1.165) is 43.1 Å². The van der Waals surface area contributed by atoms with Gasteiger partial charge in [-0.05, 0) is 43.9 Å². The van der Waals surface area contributed by atoms with Crippen LogP contribution in [0.25, 0.3) is 11.4 Å². The normalized spacial score (nSPS) is 15.7. The number of aryl methyl sites for hydroxylation is 1. The summed E-state index contributed by atoms with van der Waals surface area (Å²) in [7, 11) is 1.92. The summed E-state index contributed by atoms with van der Waals surface area (Å²) in [6.45, 7) is 6.14. The topological polar surface area (TPSA) is 72.9 Å². The van der Waals surface area contributed by atoms with Crippen LogP contribution in [0.3, 0.4) is 0 Å². The SMILES string of the molecule is C.Cc1c(-c2ccnn2C)nnc(N2CCC(N)CC2)c1C. The van der Waals surface area contributed by atoms with Crippen LogP contribution < -0.4 is 10.6 Å². The molecule has 0 radical (unpaired) electrons. The van der Waals surface area contributed by atoms with Crippen molar-refractivity contribution in [1.29, 1.82) is 0 Å². The Morgan fingerprint density at radius 2 is 1.82 bits per heavy atom. The average Bonchev–Trinajstić information content (AvgIpc) is 2.89. The lowest BCUT2D eigenvalue weighted by atomic mass is 10.0. The molecule has 1 saturated heterocycles. The Bertz CT molecular complexity index is 640. The molecule has 0 atom stereocenters. The number of rotatable bonds is 2. The van der Waals surface area contributed by atoms with Gasteiger partial charge in [-0.1, -0.05) is 7.43 Å². The zero-order valence-corrected chi connectivity index (χ0v) is 12.9. The minimum absolute atomic E-state index is 0. The fourth-order valence-electron chi connectivity index (χ4n) is 2.85. The van der Waals surface area contributed by atoms with Gasteiger partial charge < -0.3 is 10.6 Å². The molecule has 2 N–H and O–H groups in total. The molecule has 3 heterocycles. The predicted octanol–water partition coefficient (Wildman–Crippen LogP) is 2.06. The molecule has 0 aliphatic carbocycles. The third kappa shape index (κ3) is 2.83. The van der Waals surface area contributed by atoms with Gasteiger partial charge in [0, 0.05) is 32.4 Å². The smallest absolute Gasteiger partial charge is 0.154 e. The second-order valence-corrected chi connectivity index (χ2v) is 5.79. The van der Waals surface area contributed by atoms with E-state index in [0.29, 0.717) is 6.04 Å². The number of hydrogen-bond acceptors (Lipinski definition) is 5. The second kappa shape index (κ2) is 6.44. The van der Waals surface area contributed by atoms with Gasteiger partial charge in [0.1, 0.15) is 5.69 Å². The third-order valence-corrected chi connectivity index (χ3v) is 4.40. The van der Waals surface area contributed by atoms with Gasteiger partial charge in [-0.3, -0.25) is 4.68 Å². The van der Waals surface area contributed by atoms with Crippen LogP contribution in [0.4, 0.5) is 5.82 Å². The number of hydrogen-bond donors (Lipinski definition) is 1. The van der Waals surface area contributed by atoms with E-state index in [9.17, 15) is 0 Å². The molecular formula is C16H26N6. The third-order valence-electron chi connectivity index (χ3n) is 4.40. The molecule has 2 aromatic heterocycles. The van der Waals surface area contributed by atoms with Crippen LogP contribution in [0.2, 0.25) is 0 Å². The highest BCUT2D eigenvalue weighted by Crippen LogP contribution is 2.28. The molecule has 0 unspecified atom stereocenters. The second-order valence-electron chi connectivity index (χ2n) is 5.79. The molecule has 0 amide bonds. The van der Waals surface area contributed by atoms with E-state index in [4.69, 9.17) is 5.73 Å². The maximum absolute atomic E-state index is 5.98. The minimum atomic E-state index is 0. The molecule has 0 aromatic carbocycles. The molecule has 0 spiro atoms. The first-order chi connectivity index (χ1) is 10.1. The van der Waals surface area contributed by atoms with E-state index in [-0.39, 0.29) is 7.43 Å². The fourth-order valence-corrected chi connectivity index (χ4v) is 2.85. The zero-order chi connectivity index (χ0) is 15.0. The summed E-state index contributed by atoms with van der Waals surface area (Å²) in [4.78, 5) is 2.30. The molecule has 6 nitrogen and oxygen atoms in total. The lowest BCUT2D eigenvalue weighted by Crippen LogP contribution is -2.40. The van der Waals surface area contributed by atoms with Crippen molar-refractivity contribution in [2.45, 2.75) is 40.2 Å². The molecule has 3 rings (SSSR count). The van der Waals surface area contributed by atoms with E-state index in [1.54, 1.807) is 6.20 Å². The molecule has 0 bridgehead atoms. The monoisotopic (exact) mass is 302 g/mol. The first-order valence-electron chi connectivity index (χ1n) is 7.40. The van der Waals surface area contributed by atoms with Gasteiger partial charge in [-0.25, -0.2) is 0 Å². The first-order valence-corrected chi connectivity index (χ1v) is 7.40.